The fourth-order valence-corrected chi connectivity index (χ4v) is 4.58. The van der Waals surface area contributed by atoms with Crippen LogP contribution >= 0.6 is 0 Å². The van der Waals surface area contributed by atoms with Gasteiger partial charge in [0.15, 0.2) is 5.82 Å². The number of rotatable bonds is 5. The van der Waals surface area contributed by atoms with E-state index < -0.39 is 5.54 Å². The molecule has 1 aromatic heterocycles. The normalized spacial score (nSPS) is 22.5. The first kappa shape index (κ1) is 19.6. The summed E-state index contributed by atoms with van der Waals surface area (Å²) in [4.78, 5) is 32.1. The molecule has 1 aliphatic heterocycles. The van der Waals surface area contributed by atoms with E-state index in [0.29, 0.717) is 18.3 Å². The minimum absolute atomic E-state index is 0.0228. The fourth-order valence-electron chi connectivity index (χ4n) is 4.58. The molecule has 2 unspecified atom stereocenters. The Balaban J connectivity index is 1.48. The first-order valence-electron chi connectivity index (χ1n) is 10.5. The lowest BCUT2D eigenvalue weighted by atomic mass is 9.80. The van der Waals surface area contributed by atoms with Crippen LogP contribution in [0.2, 0.25) is 0 Å². The number of carbonyl (C=O) groups excluding carboxylic acids is 2. The summed E-state index contributed by atoms with van der Waals surface area (Å²) >= 11 is 0. The van der Waals surface area contributed by atoms with Gasteiger partial charge in [-0.2, -0.15) is 4.98 Å². The van der Waals surface area contributed by atoms with E-state index in [4.69, 9.17) is 4.52 Å². The smallest absolute Gasteiger partial charge is 0.226 e. The van der Waals surface area contributed by atoms with Crippen molar-refractivity contribution in [2.75, 3.05) is 6.54 Å². The largest absolute Gasteiger partial charge is 0.343 e. The van der Waals surface area contributed by atoms with E-state index in [1.807, 2.05) is 42.2 Å². The minimum atomic E-state index is -0.589. The summed E-state index contributed by atoms with van der Waals surface area (Å²) in [6, 6.07) is 9.88. The number of aryl methyl sites for hydroxylation is 1. The van der Waals surface area contributed by atoms with Crippen molar-refractivity contribution in [3.8, 4) is 0 Å². The van der Waals surface area contributed by atoms with Crippen LogP contribution in [0.15, 0.2) is 34.9 Å². The summed E-state index contributed by atoms with van der Waals surface area (Å²) in [5.74, 6) is 0.625. The van der Waals surface area contributed by atoms with Crippen molar-refractivity contribution in [3.63, 3.8) is 0 Å². The molecule has 154 valence electrons. The third-order valence-corrected chi connectivity index (χ3v) is 6.30. The molecule has 1 aromatic carbocycles. The van der Waals surface area contributed by atoms with E-state index in [1.54, 1.807) is 6.92 Å². The number of aromatic nitrogens is 2. The Hall–Kier alpha value is -2.70. The summed E-state index contributed by atoms with van der Waals surface area (Å²) in [7, 11) is 0. The van der Waals surface area contributed by atoms with Crippen molar-refractivity contribution in [2.45, 2.75) is 64.0 Å². The highest BCUT2D eigenvalue weighted by Crippen LogP contribution is 2.37. The number of benzene rings is 1. The Kier molecular flexibility index (Phi) is 5.39. The van der Waals surface area contributed by atoms with Gasteiger partial charge in [-0.3, -0.25) is 9.59 Å². The number of hydrogen-bond acceptors (Lipinski definition) is 5. The standard InChI is InChI=1S/C22H28N4O3/c1-15(17-9-5-3-6-10-17)26-14-18(13-19(26)27)20(28)24-22(11-7-4-8-12-22)21-23-16(2)29-25-21/h3,5-6,9-10,15,18H,4,7-8,11-14H2,1-2H3,(H,24,28). The molecule has 0 bridgehead atoms. The van der Waals surface area contributed by atoms with Gasteiger partial charge in [-0.05, 0) is 25.3 Å². The van der Waals surface area contributed by atoms with Gasteiger partial charge < -0.3 is 14.7 Å². The molecule has 2 aromatic rings. The number of nitrogens with one attached hydrogen (secondary N) is 1. The molecule has 1 aliphatic carbocycles. The van der Waals surface area contributed by atoms with Crippen LogP contribution in [0, 0.1) is 12.8 Å². The third-order valence-electron chi connectivity index (χ3n) is 6.30. The Bertz CT molecular complexity index is 873. The molecular formula is C22H28N4O3. The highest BCUT2D eigenvalue weighted by Gasteiger charge is 2.43. The molecule has 0 radical (unpaired) electrons. The molecule has 7 heteroatoms. The van der Waals surface area contributed by atoms with Crippen molar-refractivity contribution in [1.82, 2.24) is 20.4 Å². The summed E-state index contributed by atoms with van der Waals surface area (Å²) in [5, 5.41) is 7.33. The second-order valence-electron chi connectivity index (χ2n) is 8.30. The van der Waals surface area contributed by atoms with Crippen LogP contribution < -0.4 is 5.32 Å². The third kappa shape index (κ3) is 3.91. The first-order chi connectivity index (χ1) is 14.0. The lowest BCUT2D eigenvalue weighted by Crippen LogP contribution is -2.50. The van der Waals surface area contributed by atoms with Crippen LogP contribution in [0.25, 0.3) is 0 Å². The van der Waals surface area contributed by atoms with Gasteiger partial charge in [0.1, 0.15) is 5.54 Å². The predicted octanol–water partition coefficient (Wildman–Crippen LogP) is 3.26. The zero-order chi connectivity index (χ0) is 20.4. The number of amides is 2. The fraction of sp³-hybridized carbons (Fsp3) is 0.545. The van der Waals surface area contributed by atoms with Crippen LogP contribution in [0.1, 0.15) is 68.8 Å². The Morgan fingerprint density at radius 1 is 1.24 bits per heavy atom. The second kappa shape index (κ2) is 7.97. The van der Waals surface area contributed by atoms with E-state index in [-0.39, 0.29) is 30.2 Å². The van der Waals surface area contributed by atoms with E-state index in [2.05, 4.69) is 15.5 Å². The van der Waals surface area contributed by atoms with Gasteiger partial charge in [-0.1, -0.05) is 54.8 Å². The highest BCUT2D eigenvalue weighted by atomic mass is 16.5. The Labute approximate surface area is 170 Å². The van der Waals surface area contributed by atoms with Crippen molar-refractivity contribution < 1.29 is 14.1 Å². The van der Waals surface area contributed by atoms with E-state index in [0.717, 1.165) is 37.7 Å². The van der Waals surface area contributed by atoms with Crippen LogP contribution in [0.4, 0.5) is 0 Å². The summed E-state index contributed by atoms with van der Waals surface area (Å²) < 4.78 is 5.19. The monoisotopic (exact) mass is 396 g/mol. The van der Waals surface area contributed by atoms with Gasteiger partial charge in [0.25, 0.3) is 0 Å². The number of carbonyl (C=O) groups is 2. The molecule has 1 N–H and O–H groups in total. The average Bonchev–Trinajstić information content (AvgIpc) is 3.35. The molecule has 4 rings (SSSR count). The Morgan fingerprint density at radius 3 is 2.62 bits per heavy atom. The van der Waals surface area contributed by atoms with Crippen LogP contribution in [-0.2, 0) is 15.1 Å². The van der Waals surface area contributed by atoms with Gasteiger partial charge in [0.05, 0.1) is 12.0 Å². The first-order valence-corrected chi connectivity index (χ1v) is 10.5. The van der Waals surface area contributed by atoms with Crippen molar-refractivity contribution >= 4 is 11.8 Å². The molecule has 2 fully saturated rings. The quantitative estimate of drug-likeness (QED) is 0.838. The second-order valence-corrected chi connectivity index (χ2v) is 8.30. The zero-order valence-corrected chi connectivity index (χ0v) is 17.1. The van der Waals surface area contributed by atoms with Crippen LogP contribution in [-0.4, -0.2) is 33.4 Å². The molecule has 0 spiro atoms. The highest BCUT2D eigenvalue weighted by molar-refractivity contribution is 5.89. The van der Waals surface area contributed by atoms with E-state index in [1.165, 1.54) is 0 Å². The maximum absolute atomic E-state index is 13.2. The van der Waals surface area contributed by atoms with Gasteiger partial charge in [-0.15, -0.1) is 0 Å². The average molecular weight is 396 g/mol. The topological polar surface area (TPSA) is 88.3 Å². The SMILES string of the molecule is Cc1nc(C2(NC(=O)C3CC(=O)N(C(C)c4ccccc4)C3)CCCCC2)no1. The lowest BCUT2D eigenvalue weighted by molar-refractivity contribution is -0.130. The molecule has 7 nitrogen and oxygen atoms in total. The number of hydrogen-bond donors (Lipinski definition) is 1. The molecule has 2 heterocycles. The van der Waals surface area contributed by atoms with E-state index >= 15 is 0 Å². The van der Waals surface area contributed by atoms with Crippen LogP contribution in [0.5, 0.6) is 0 Å². The van der Waals surface area contributed by atoms with Gasteiger partial charge in [-0.25, -0.2) is 0 Å². The van der Waals surface area contributed by atoms with Gasteiger partial charge in [0.2, 0.25) is 17.7 Å². The van der Waals surface area contributed by atoms with Crippen molar-refractivity contribution in [3.05, 3.63) is 47.6 Å². The van der Waals surface area contributed by atoms with Gasteiger partial charge >= 0.3 is 0 Å². The molecule has 2 amide bonds. The van der Waals surface area contributed by atoms with Crippen molar-refractivity contribution in [1.29, 1.82) is 0 Å². The van der Waals surface area contributed by atoms with Crippen LogP contribution in [0.3, 0.4) is 0 Å². The molecule has 2 aliphatic rings. The maximum atomic E-state index is 13.2. The minimum Gasteiger partial charge on any atom is -0.343 e. The molecular weight excluding hydrogens is 368 g/mol. The Morgan fingerprint density at radius 2 is 1.97 bits per heavy atom. The zero-order valence-electron chi connectivity index (χ0n) is 17.1. The maximum Gasteiger partial charge on any atom is 0.226 e. The van der Waals surface area contributed by atoms with Gasteiger partial charge in [0, 0.05) is 19.9 Å². The summed E-state index contributed by atoms with van der Waals surface area (Å²) in [5.41, 5.74) is 0.488. The lowest BCUT2D eigenvalue weighted by Gasteiger charge is -2.36. The molecule has 2 atom stereocenters. The molecule has 29 heavy (non-hydrogen) atoms. The predicted molar refractivity (Wildman–Crippen MR) is 107 cm³/mol. The molecule has 1 saturated heterocycles. The summed E-state index contributed by atoms with van der Waals surface area (Å²) in [6.45, 7) is 4.20. The number of nitrogens with zero attached hydrogens (tertiary/aromatic N) is 3. The summed E-state index contributed by atoms with van der Waals surface area (Å²) in [6.07, 6.45) is 4.98. The number of likely N-dealkylation sites (tertiary alicyclic amines) is 1. The molecule has 1 saturated carbocycles. The van der Waals surface area contributed by atoms with Crippen molar-refractivity contribution in [2.24, 2.45) is 5.92 Å². The van der Waals surface area contributed by atoms with E-state index in [9.17, 15) is 9.59 Å².